The third-order valence-electron chi connectivity index (χ3n) is 3.63. The number of rotatable bonds is 1. The maximum atomic E-state index is 5.90. The van der Waals surface area contributed by atoms with Crippen LogP contribution in [0.3, 0.4) is 0 Å². The van der Waals surface area contributed by atoms with Crippen molar-refractivity contribution in [1.82, 2.24) is 4.90 Å². The first-order chi connectivity index (χ1) is 7.44. The Labute approximate surface area is 101 Å². The summed E-state index contributed by atoms with van der Waals surface area (Å²) in [7, 11) is 2.20. The molecule has 0 spiro atoms. The average Bonchev–Trinajstić information content (AvgIpc) is 2.24. The van der Waals surface area contributed by atoms with Crippen LogP contribution in [0.4, 0.5) is 0 Å². The fraction of sp³-hybridized carbons (Fsp3) is 0.714. The van der Waals surface area contributed by atoms with Crippen molar-refractivity contribution in [2.24, 2.45) is 17.1 Å². The molecule has 94 valence electrons. The molecule has 2 unspecified atom stereocenters. The van der Waals surface area contributed by atoms with Gasteiger partial charge in [-0.15, -0.1) is 13.2 Å². The van der Waals surface area contributed by atoms with Gasteiger partial charge in [-0.1, -0.05) is 20.4 Å². The Morgan fingerprint density at radius 1 is 1.38 bits per heavy atom. The van der Waals surface area contributed by atoms with E-state index in [1.165, 1.54) is 19.4 Å². The van der Waals surface area contributed by atoms with E-state index < -0.39 is 0 Å². The third kappa shape index (κ3) is 4.40. The minimum Gasteiger partial charge on any atom is -0.402 e. The molecule has 0 saturated carbocycles. The Morgan fingerprint density at radius 3 is 2.44 bits per heavy atom. The fourth-order valence-corrected chi connectivity index (χ4v) is 2.16. The number of hydrogen-bond acceptors (Lipinski definition) is 2. The molecule has 1 fully saturated rings. The van der Waals surface area contributed by atoms with Crippen molar-refractivity contribution in [1.29, 1.82) is 0 Å². The highest BCUT2D eigenvalue weighted by molar-refractivity contribution is 5.04. The van der Waals surface area contributed by atoms with Crippen LogP contribution in [0.5, 0.6) is 0 Å². The highest BCUT2D eigenvalue weighted by atomic mass is 15.1. The number of allylic oxidation sites excluding steroid dienone is 1. The molecule has 1 heterocycles. The van der Waals surface area contributed by atoms with Gasteiger partial charge in [-0.3, -0.25) is 0 Å². The molecular formula is C14H28N2. The third-order valence-corrected chi connectivity index (χ3v) is 3.63. The fourth-order valence-electron chi connectivity index (χ4n) is 2.16. The van der Waals surface area contributed by atoms with E-state index in [0.29, 0.717) is 0 Å². The maximum absolute atomic E-state index is 5.90. The summed E-state index contributed by atoms with van der Waals surface area (Å²) in [4.78, 5) is 2.41. The lowest BCUT2D eigenvalue weighted by Crippen LogP contribution is -2.35. The van der Waals surface area contributed by atoms with Crippen LogP contribution in [0.15, 0.2) is 25.4 Å². The summed E-state index contributed by atoms with van der Waals surface area (Å²) >= 11 is 0. The van der Waals surface area contributed by atoms with Crippen LogP contribution in [0.2, 0.25) is 0 Å². The van der Waals surface area contributed by atoms with Crippen molar-refractivity contribution in [3.63, 3.8) is 0 Å². The van der Waals surface area contributed by atoms with Gasteiger partial charge in [0.15, 0.2) is 0 Å². The zero-order valence-electron chi connectivity index (χ0n) is 11.3. The molecule has 1 aliphatic heterocycles. The average molecular weight is 224 g/mol. The molecule has 16 heavy (non-hydrogen) atoms. The van der Waals surface area contributed by atoms with Crippen LogP contribution in [0.1, 0.15) is 33.1 Å². The van der Waals surface area contributed by atoms with E-state index in [2.05, 4.69) is 45.5 Å². The molecule has 0 bridgehead atoms. The van der Waals surface area contributed by atoms with E-state index in [-0.39, 0.29) is 5.41 Å². The zero-order chi connectivity index (χ0) is 12.8. The van der Waals surface area contributed by atoms with Crippen molar-refractivity contribution in [2.45, 2.75) is 33.1 Å². The van der Waals surface area contributed by atoms with Crippen molar-refractivity contribution in [3.8, 4) is 0 Å². The summed E-state index contributed by atoms with van der Waals surface area (Å²) < 4.78 is 0. The number of nitrogens with zero attached hydrogens (tertiary/aromatic N) is 1. The molecule has 0 amide bonds. The van der Waals surface area contributed by atoms with Gasteiger partial charge < -0.3 is 10.6 Å². The maximum Gasteiger partial charge on any atom is 0.00766 e. The topological polar surface area (TPSA) is 29.3 Å². The number of likely N-dealkylation sites (tertiary alicyclic amines) is 1. The molecule has 2 atom stereocenters. The number of nitrogens with two attached hydrogens (primary N) is 1. The van der Waals surface area contributed by atoms with Crippen molar-refractivity contribution < 1.29 is 0 Å². The van der Waals surface area contributed by atoms with E-state index >= 15 is 0 Å². The Bertz CT molecular complexity index is 211. The van der Waals surface area contributed by atoms with Gasteiger partial charge >= 0.3 is 0 Å². The monoisotopic (exact) mass is 224 g/mol. The van der Waals surface area contributed by atoms with Gasteiger partial charge in [0.1, 0.15) is 0 Å². The van der Waals surface area contributed by atoms with Crippen LogP contribution in [0, 0.1) is 11.3 Å². The molecule has 2 nitrogen and oxygen atoms in total. The first kappa shape index (κ1) is 15.2. The molecule has 0 radical (unpaired) electrons. The first-order valence-corrected chi connectivity index (χ1v) is 6.07. The van der Waals surface area contributed by atoms with E-state index in [4.69, 9.17) is 5.73 Å². The first-order valence-electron chi connectivity index (χ1n) is 6.07. The van der Waals surface area contributed by atoms with Gasteiger partial charge in [0, 0.05) is 17.7 Å². The lowest BCUT2D eigenvalue weighted by Gasteiger charge is -2.36. The summed E-state index contributed by atoms with van der Waals surface area (Å²) in [5.41, 5.74) is 6.92. The van der Waals surface area contributed by atoms with Gasteiger partial charge in [-0.2, -0.15) is 0 Å². The lowest BCUT2D eigenvalue weighted by atomic mass is 9.77. The molecular weight excluding hydrogens is 196 g/mol. The summed E-state index contributed by atoms with van der Waals surface area (Å²) in [5, 5.41) is 0. The lowest BCUT2D eigenvalue weighted by molar-refractivity contribution is 0.180. The van der Waals surface area contributed by atoms with Crippen LogP contribution >= 0.6 is 0 Å². The Kier molecular flexibility index (Phi) is 6.42. The molecule has 1 saturated heterocycles. The van der Waals surface area contributed by atoms with Gasteiger partial charge in [-0.25, -0.2) is 0 Å². The Morgan fingerprint density at radius 2 is 1.94 bits per heavy atom. The largest absolute Gasteiger partial charge is 0.402 e. The zero-order valence-corrected chi connectivity index (χ0v) is 11.3. The molecule has 0 aromatic carbocycles. The molecule has 1 rings (SSSR count). The predicted octanol–water partition coefficient (Wildman–Crippen LogP) is 3.02. The van der Waals surface area contributed by atoms with Crippen molar-refractivity contribution in [3.05, 3.63) is 25.4 Å². The Balaban J connectivity index is 0.00000106. The van der Waals surface area contributed by atoms with Crippen LogP contribution in [-0.2, 0) is 0 Å². The van der Waals surface area contributed by atoms with Crippen LogP contribution in [-0.4, -0.2) is 25.0 Å². The molecule has 1 aliphatic rings. The van der Waals surface area contributed by atoms with E-state index in [1.807, 2.05) is 0 Å². The summed E-state index contributed by atoms with van der Waals surface area (Å²) in [6, 6.07) is 0. The predicted molar refractivity (Wildman–Crippen MR) is 73.2 cm³/mol. The second-order valence-corrected chi connectivity index (χ2v) is 5.24. The SMILES string of the molecule is C=C.C=C(N)C1(C)CCC(C)CN(C)CC1. The summed E-state index contributed by atoms with van der Waals surface area (Å²) in [6.07, 6.45) is 3.60. The van der Waals surface area contributed by atoms with Crippen molar-refractivity contribution in [2.75, 3.05) is 20.1 Å². The Hall–Kier alpha value is -0.760. The molecule has 2 heteroatoms. The van der Waals surface area contributed by atoms with Gasteiger partial charge in [-0.05, 0) is 38.8 Å². The smallest absolute Gasteiger partial charge is 0.00766 e. The van der Waals surface area contributed by atoms with Crippen molar-refractivity contribution >= 4 is 0 Å². The van der Waals surface area contributed by atoms with E-state index in [1.54, 1.807) is 0 Å². The minimum atomic E-state index is 0.156. The summed E-state index contributed by atoms with van der Waals surface area (Å²) in [6.45, 7) is 16.9. The quantitative estimate of drug-likeness (QED) is 0.694. The van der Waals surface area contributed by atoms with Crippen LogP contribution in [0.25, 0.3) is 0 Å². The minimum absolute atomic E-state index is 0.156. The van der Waals surface area contributed by atoms with E-state index in [9.17, 15) is 0 Å². The van der Waals surface area contributed by atoms with Gasteiger partial charge in [0.25, 0.3) is 0 Å². The highest BCUT2D eigenvalue weighted by Crippen LogP contribution is 2.35. The molecule has 0 aliphatic carbocycles. The second-order valence-electron chi connectivity index (χ2n) is 5.24. The van der Waals surface area contributed by atoms with Gasteiger partial charge in [0.2, 0.25) is 0 Å². The van der Waals surface area contributed by atoms with Crippen LogP contribution < -0.4 is 5.73 Å². The molecule has 0 aromatic rings. The highest BCUT2D eigenvalue weighted by Gasteiger charge is 2.28. The standard InChI is InChI=1S/C12H24N2.C2H4/c1-10-5-6-12(3,11(2)13)7-8-14(4)9-10;1-2/h10H,2,5-9,13H2,1,3-4H3;1-2H2. The van der Waals surface area contributed by atoms with E-state index in [0.717, 1.165) is 24.6 Å². The normalized spacial score (nSPS) is 31.8. The molecule has 2 N–H and O–H groups in total. The second kappa shape index (κ2) is 6.74. The van der Waals surface area contributed by atoms with Gasteiger partial charge in [0.05, 0.1) is 0 Å². The number of hydrogen-bond donors (Lipinski definition) is 1. The summed E-state index contributed by atoms with van der Waals surface area (Å²) in [5.74, 6) is 0.777. The molecule has 0 aromatic heterocycles.